The van der Waals surface area contributed by atoms with E-state index in [1.54, 1.807) is 0 Å². The summed E-state index contributed by atoms with van der Waals surface area (Å²) in [6.45, 7) is 2.96. The van der Waals surface area contributed by atoms with Gasteiger partial charge in [-0.25, -0.2) is 0 Å². The lowest BCUT2D eigenvalue weighted by atomic mass is 10.1. The maximum absolute atomic E-state index is 12.3. The maximum atomic E-state index is 12.3. The van der Waals surface area contributed by atoms with Gasteiger partial charge in [-0.3, -0.25) is 4.79 Å². The molecule has 0 unspecified atom stereocenters. The number of rotatable bonds is 3. The van der Waals surface area contributed by atoms with Gasteiger partial charge in [-0.15, -0.1) is 21.5 Å². The minimum Gasteiger partial charge on any atom is -0.321 e. The highest BCUT2D eigenvalue weighted by atomic mass is 32.1. The molecule has 0 atom stereocenters. The topological polar surface area (TPSA) is 59.8 Å². The van der Waals surface area contributed by atoms with Gasteiger partial charge < -0.3 is 9.88 Å². The van der Waals surface area contributed by atoms with Gasteiger partial charge in [0.25, 0.3) is 5.91 Å². The van der Waals surface area contributed by atoms with E-state index in [9.17, 15) is 4.79 Å². The Hall–Kier alpha value is -2.47. The monoisotopic (exact) mass is 338 g/mol. The van der Waals surface area contributed by atoms with Gasteiger partial charge in [-0.05, 0) is 44.0 Å². The Kier molecular flexibility index (Phi) is 3.90. The van der Waals surface area contributed by atoms with Crippen LogP contribution in [0.5, 0.6) is 0 Å². The molecule has 2 aromatic heterocycles. The van der Waals surface area contributed by atoms with Crippen molar-refractivity contribution in [3.8, 4) is 11.4 Å². The number of carbonyl (C=O) groups excluding carboxylic acids is 1. The second kappa shape index (κ2) is 6.20. The Labute approximate surface area is 144 Å². The second-order valence-electron chi connectivity index (χ2n) is 5.99. The molecule has 1 amide bonds. The molecule has 0 spiro atoms. The van der Waals surface area contributed by atoms with Crippen LogP contribution >= 0.6 is 11.3 Å². The Morgan fingerprint density at radius 2 is 2.12 bits per heavy atom. The first kappa shape index (κ1) is 15.1. The maximum Gasteiger partial charge on any atom is 0.265 e. The van der Waals surface area contributed by atoms with E-state index in [0.717, 1.165) is 52.0 Å². The van der Waals surface area contributed by atoms with E-state index in [4.69, 9.17) is 0 Å². The zero-order chi connectivity index (χ0) is 16.5. The third kappa shape index (κ3) is 2.85. The lowest BCUT2D eigenvalue weighted by molar-refractivity contribution is 0.103. The van der Waals surface area contributed by atoms with Gasteiger partial charge in [0.1, 0.15) is 5.82 Å². The molecule has 1 aliphatic heterocycles. The minimum absolute atomic E-state index is 0.0754. The summed E-state index contributed by atoms with van der Waals surface area (Å²) in [7, 11) is 0. The van der Waals surface area contributed by atoms with E-state index < -0.39 is 0 Å². The van der Waals surface area contributed by atoms with Gasteiger partial charge in [-0.2, -0.15) is 0 Å². The Morgan fingerprint density at radius 3 is 2.96 bits per heavy atom. The van der Waals surface area contributed by atoms with E-state index in [1.807, 2.05) is 43.3 Å². The highest BCUT2D eigenvalue weighted by Gasteiger charge is 2.17. The van der Waals surface area contributed by atoms with Crippen molar-refractivity contribution in [2.24, 2.45) is 0 Å². The van der Waals surface area contributed by atoms with Crippen molar-refractivity contribution in [3.63, 3.8) is 0 Å². The number of aryl methyl sites for hydroxylation is 2. The predicted octanol–water partition coefficient (Wildman–Crippen LogP) is 3.90. The summed E-state index contributed by atoms with van der Waals surface area (Å²) in [6, 6.07) is 11.6. The molecule has 0 saturated heterocycles. The van der Waals surface area contributed by atoms with Crippen molar-refractivity contribution < 1.29 is 4.79 Å². The smallest absolute Gasteiger partial charge is 0.265 e. The van der Waals surface area contributed by atoms with Gasteiger partial charge >= 0.3 is 0 Å². The minimum atomic E-state index is -0.0754. The largest absolute Gasteiger partial charge is 0.321 e. The van der Waals surface area contributed by atoms with Crippen LogP contribution in [0.3, 0.4) is 0 Å². The van der Waals surface area contributed by atoms with Gasteiger partial charge in [0, 0.05) is 29.1 Å². The normalized spacial score (nSPS) is 13.5. The Bertz CT molecular complexity index is 896. The number of hydrogen-bond donors (Lipinski definition) is 1. The quantitative estimate of drug-likeness (QED) is 0.788. The third-order valence-corrected chi connectivity index (χ3v) is 5.20. The molecule has 0 aliphatic carbocycles. The fraction of sp³-hybridized carbons (Fsp3) is 0.278. The van der Waals surface area contributed by atoms with Crippen LogP contribution in [0.2, 0.25) is 0 Å². The molecule has 4 rings (SSSR count). The average Bonchev–Trinajstić information content (AvgIpc) is 3.21. The van der Waals surface area contributed by atoms with Crippen LogP contribution in [0, 0.1) is 6.92 Å². The molecule has 1 aromatic carbocycles. The van der Waals surface area contributed by atoms with Crippen molar-refractivity contribution in [2.75, 3.05) is 5.32 Å². The Morgan fingerprint density at radius 1 is 1.21 bits per heavy atom. The number of nitrogens with one attached hydrogen (secondary N) is 1. The molecule has 3 heterocycles. The van der Waals surface area contributed by atoms with Crippen LogP contribution in [0.4, 0.5) is 5.69 Å². The molecule has 1 aliphatic rings. The molecule has 5 nitrogen and oxygen atoms in total. The fourth-order valence-electron chi connectivity index (χ4n) is 3.01. The molecule has 0 radical (unpaired) electrons. The first-order chi connectivity index (χ1) is 11.7. The SMILES string of the molecule is Cc1ccc(C(=O)Nc2cccc(-c3nnc4n3CCCC4)c2)s1. The number of nitrogens with zero attached hydrogens (tertiary/aromatic N) is 3. The number of fused-ring (bicyclic) bond motifs is 1. The summed E-state index contributed by atoms with van der Waals surface area (Å²) in [5.74, 6) is 1.86. The highest BCUT2D eigenvalue weighted by molar-refractivity contribution is 7.14. The zero-order valence-corrected chi connectivity index (χ0v) is 14.3. The molecule has 0 bridgehead atoms. The number of carbonyl (C=O) groups is 1. The number of hydrogen-bond acceptors (Lipinski definition) is 4. The standard InChI is InChI=1S/C18H18N4OS/c1-12-8-9-15(24-12)18(23)19-14-6-4-5-13(11-14)17-21-20-16-7-2-3-10-22(16)17/h4-6,8-9,11H,2-3,7,10H2,1H3,(H,19,23). The van der Waals surface area contributed by atoms with Gasteiger partial charge in [0.05, 0.1) is 4.88 Å². The van der Waals surface area contributed by atoms with Gasteiger partial charge in [-0.1, -0.05) is 12.1 Å². The summed E-state index contributed by atoms with van der Waals surface area (Å²) in [4.78, 5) is 14.2. The van der Waals surface area contributed by atoms with Crippen molar-refractivity contribution in [1.29, 1.82) is 0 Å². The van der Waals surface area contributed by atoms with E-state index in [-0.39, 0.29) is 5.91 Å². The molecule has 3 aromatic rings. The number of thiophene rings is 1. The second-order valence-corrected chi connectivity index (χ2v) is 7.28. The number of anilines is 1. The molecule has 6 heteroatoms. The van der Waals surface area contributed by atoms with Crippen LogP contribution in [-0.4, -0.2) is 20.7 Å². The number of aromatic nitrogens is 3. The van der Waals surface area contributed by atoms with E-state index in [2.05, 4.69) is 20.1 Å². The zero-order valence-electron chi connectivity index (χ0n) is 13.5. The van der Waals surface area contributed by atoms with Crippen molar-refractivity contribution in [1.82, 2.24) is 14.8 Å². The summed E-state index contributed by atoms with van der Waals surface area (Å²) in [5, 5.41) is 11.6. The average molecular weight is 338 g/mol. The van der Waals surface area contributed by atoms with Crippen LogP contribution in [0.15, 0.2) is 36.4 Å². The van der Waals surface area contributed by atoms with Crippen molar-refractivity contribution in [2.45, 2.75) is 32.7 Å². The lowest BCUT2D eigenvalue weighted by Crippen LogP contribution is -2.12. The first-order valence-corrected chi connectivity index (χ1v) is 8.93. The lowest BCUT2D eigenvalue weighted by Gasteiger charge is -2.15. The predicted molar refractivity (Wildman–Crippen MR) is 95.4 cm³/mol. The van der Waals surface area contributed by atoms with E-state index >= 15 is 0 Å². The third-order valence-electron chi connectivity index (χ3n) is 4.20. The van der Waals surface area contributed by atoms with Crippen LogP contribution < -0.4 is 5.32 Å². The van der Waals surface area contributed by atoms with Gasteiger partial charge in [0.2, 0.25) is 0 Å². The van der Waals surface area contributed by atoms with E-state index in [0.29, 0.717) is 0 Å². The van der Waals surface area contributed by atoms with Crippen LogP contribution in [-0.2, 0) is 13.0 Å². The molecular formula is C18H18N4OS. The molecular weight excluding hydrogens is 320 g/mol. The molecule has 122 valence electrons. The van der Waals surface area contributed by atoms with Gasteiger partial charge in [0.15, 0.2) is 5.82 Å². The number of amides is 1. The van der Waals surface area contributed by atoms with E-state index in [1.165, 1.54) is 17.8 Å². The first-order valence-electron chi connectivity index (χ1n) is 8.11. The summed E-state index contributed by atoms with van der Waals surface area (Å²) < 4.78 is 2.19. The summed E-state index contributed by atoms with van der Waals surface area (Å²) in [5.41, 5.74) is 1.76. The molecule has 1 N–H and O–H groups in total. The fourth-order valence-corrected chi connectivity index (χ4v) is 3.77. The molecule has 24 heavy (non-hydrogen) atoms. The van der Waals surface area contributed by atoms with Crippen molar-refractivity contribution >= 4 is 22.9 Å². The number of benzene rings is 1. The van der Waals surface area contributed by atoms with Crippen LogP contribution in [0.1, 0.15) is 33.2 Å². The summed E-state index contributed by atoms with van der Waals surface area (Å²) in [6.07, 6.45) is 3.32. The Balaban J connectivity index is 1.60. The van der Waals surface area contributed by atoms with Crippen molar-refractivity contribution in [3.05, 3.63) is 52.0 Å². The summed E-state index contributed by atoms with van der Waals surface area (Å²) >= 11 is 1.50. The molecule has 0 fully saturated rings. The molecule has 0 saturated carbocycles. The highest BCUT2D eigenvalue weighted by Crippen LogP contribution is 2.25. The van der Waals surface area contributed by atoms with Crippen LogP contribution in [0.25, 0.3) is 11.4 Å².